The van der Waals surface area contributed by atoms with Gasteiger partial charge in [0.25, 0.3) is 0 Å². The van der Waals surface area contributed by atoms with Crippen LogP contribution in [-0.4, -0.2) is 38.8 Å². The van der Waals surface area contributed by atoms with Crippen molar-refractivity contribution >= 4 is 32.2 Å². The van der Waals surface area contributed by atoms with Gasteiger partial charge in [-0.1, -0.05) is 49.1 Å². The summed E-state index contributed by atoms with van der Waals surface area (Å²) in [4.78, 5) is 0. The van der Waals surface area contributed by atoms with Crippen molar-refractivity contribution < 1.29 is 4.43 Å². The summed E-state index contributed by atoms with van der Waals surface area (Å²) in [5.41, 5.74) is 0. The van der Waals surface area contributed by atoms with Crippen LogP contribution in [0.4, 0.5) is 0 Å². The van der Waals surface area contributed by atoms with Gasteiger partial charge in [-0.15, -0.1) is 6.58 Å². The predicted molar refractivity (Wildman–Crippen MR) is 79.3 cm³/mol. The molecule has 0 aromatic rings. The van der Waals surface area contributed by atoms with E-state index in [0.29, 0.717) is 11.6 Å². The molecule has 0 aliphatic carbocycles. The fraction of sp³-hybridized carbons (Fsp3) is 0.833. The average molecular weight is 339 g/mol. The second-order valence-corrected chi connectivity index (χ2v) is 9.17. The van der Waals surface area contributed by atoms with E-state index >= 15 is 0 Å². The minimum atomic E-state index is -1.50. The maximum absolute atomic E-state index is 5.76. The van der Waals surface area contributed by atoms with E-state index < -0.39 is 8.32 Å². The van der Waals surface area contributed by atoms with E-state index in [4.69, 9.17) is 4.43 Å². The third-order valence-electron chi connectivity index (χ3n) is 2.37. The van der Waals surface area contributed by atoms with E-state index in [-0.39, 0.29) is 46.2 Å². The second-order valence-electron chi connectivity index (χ2n) is 4.36. The zero-order chi connectivity index (χ0) is 9.12. The van der Waals surface area contributed by atoms with Crippen molar-refractivity contribution in [1.29, 1.82) is 0 Å². The molecule has 3 heteroatoms. The van der Waals surface area contributed by atoms with Gasteiger partial charge >= 0.3 is 0 Å². The Balaban J connectivity index is -0.0000000833. The molecule has 0 atom stereocenters. The SMILES string of the molecule is C.C.C.C=CCO[Si](C)(C)C(C)(C)C.[Sn]. The first kappa shape index (κ1) is 29.6. The van der Waals surface area contributed by atoms with Crippen molar-refractivity contribution in [3.63, 3.8) is 0 Å². The van der Waals surface area contributed by atoms with E-state index in [9.17, 15) is 0 Å². The standard InChI is InChI=1S/C9H20OSi.3CH4.Sn/c1-7-8-10-11(5,6)9(2,3)4;;;;/h7H,1,8H2,2-6H3;3*1H4;. The summed E-state index contributed by atoms with van der Waals surface area (Å²) in [7, 11) is -1.50. The summed E-state index contributed by atoms with van der Waals surface area (Å²) in [6, 6.07) is 0. The minimum Gasteiger partial charge on any atom is -0.413 e. The fourth-order valence-electron chi connectivity index (χ4n) is 0.484. The zero-order valence-electron chi connectivity index (χ0n) is 8.90. The van der Waals surface area contributed by atoms with Gasteiger partial charge in [0.2, 0.25) is 0 Å². The van der Waals surface area contributed by atoms with Gasteiger partial charge in [0.05, 0.1) is 6.61 Å². The van der Waals surface area contributed by atoms with E-state index in [0.717, 1.165) is 0 Å². The molecule has 0 unspecified atom stereocenters. The van der Waals surface area contributed by atoms with Crippen molar-refractivity contribution in [3.8, 4) is 0 Å². The molecular weight excluding hydrogens is 307 g/mol. The molecule has 0 rings (SSSR count). The summed E-state index contributed by atoms with van der Waals surface area (Å²) in [6.07, 6.45) is 1.82. The largest absolute Gasteiger partial charge is 0.413 e. The zero-order valence-corrected chi connectivity index (χ0v) is 12.8. The number of hydrogen-bond donors (Lipinski definition) is 0. The maximum Gasteiger partial charge on any atom is 0.192 e. The van der Waals surface area contributed by atoms with Gasteiger partial charge in [-0.25, -0.2) is 0 Å². The quantitative estimate of drug-likeness (QED) is 0.534. The minimum absolute atomic E-state index is 0. The van der Waals surface area contributed by atoms with E-state index in [1.165, 1.54) is 0 Å². The van der Waals surface area contributed by atoms with Crippen LogP contribution in [0.25, 0.3) is 0 Å². The summed E-state index contributed by atoms with van der Waals surface area (Å²) >= 11 is 0. The van der Waals surface area contributed by atoms with Crippen LogP contribution in [0.15, 0.2) is 12.7 Å². The molecule has 0 heterocycles. The first-order chi connectivity index (χ1) is 4.81. The van der Waals surface area contributed by atoms with Crippen molar-refractivity contribution in [1.82, 2.24) is 0 Å². The Morgan fingerprint density at radius 3 is 1.67 bits per heavy atom. The second kappa shape index (κ2) is 11.2. The van der Waals surface area contributed by atoms with Crippen molar-refractivity contribution in [2.24, 2.45) is 0 Å². The molecular formula is C12H32OSiSn. The van der Waals surface area contributed by atoms with Crippen LogP contribution in [0.5, 0.6) is 0 Å². The van der Waals surface area contributed by atoms with Gasteiger partial charge in [0.15, 0.2) is 8.32 Å². The van der Waals surface area contributed by atoms with Gasteiger partial charge < -0.3 is 4.43 Å². The third-order valence-corrected chi connectivity index (χ3v) is 6.87. The predicted octanol–water partition coefficient (Wildman–Crippen LogP) is 4.72. The molecule has 4 radical (unpaired) electrons. The molecule has 0 bridgehead atoms. The topological polar surface area (TPSA) is 9.23 Å². The molecule has 0 N–H and O–H groups in total. The fourth-order valence-corrected chi connectivity index (χ4v) is 1.45. The number of rotatable bonds is 3. The Labute approximate surface area is 117 Å². The Morgan fingerprint density at radius 2 is 1.47 bits per heavy atom. The monoisotopic (exact) mass is 340 g/mol. The molecule has 0 saturated carbocycles. The summed E-state index contributed by atoms with van der Waals surface area (Å²) in [5.74, 6) is 0. The van der Waals surface area contributed by atoms with E-state index in [1.807, 2.05) is 6.08 Å². The first-order valence-electron chi connectivity index (χ1n) is 4.06. The summed E-state index contributed by atoms with van der Waals surface area (Å²) < 4.78 is 5.76. The van der Waals surface area contributed by atoms with E-state index in [1.54, 1.807) is 0 Å². The molecule has 0 aromatic carbocycles. The van der Waals surface area contributed by atoms with Crippen LogP contribution in [0.3, 0.4) is 0 Å². The Kier molecular flexibility index (Phi) is 22.1. The van der Waals surface area contributed by atoms with Crippen molar-refractivity contribution in [2.45, 2.75) is 61.2 Å². The van der Waals surface area contributed by atoms with Gasteiger partial charge in [-0.05, 0) is 18.1 Å². The van der Waals surface area contributed by atoms with Gasteiger partial charge in [-0.2, -0.15) is 0 Å². The molecule has 15 heavy (non-hydrogen) atoms. The van der Waals surface area contributed by atoms with Crippen molar-refractivity contribution in [3.05, 3.63) is 12.7 Å². The van der Waals surface area contributed by atoms with Crippen LogP contribution in [0, 0.1) is 0 Å². The van der Waals surface area contributed by atoms with Crippen LogP contribution in [0.1, 0.15) is 43.1 Å². The normalized spacial score (nSPS) is 9.67. The van der Waals surface area contributed by atoms with E-state index in [2.05, 4.69) is 40.4 Å². The van der Waals surface area contributed by atoms with Crippen LogP contribution in [0.2, 0.25) is 18.1 Å². The van der Waals surface area contributed by atoms with Crippen LogP contribution in [-0.2, 0) is 4.43 Å². The molecule has 0 saturated heterocycles. The van der Waals surface area contributed by atoms with Crippen LogP contribution < -0.4 is 0 Å². The molecule has 0 aromatic heterocycles. The van der Waals surface area contributed by atoms with Gasteiger partial charge in [0, 0.05) is 23.9 Å². The molecule has 0 fully saturated rings. The van der Waals surface area contributed by atoms with Gasteiger partial charge in [-0.3, -0.25) is 0 Å². The third kappa shape index (κ3) is 11.0. The Morgan fingerprint density at radius 1 is 1.13 bits per heavy atom. The van der Waals surface area contributed by atoms with Crippen LogP contribution >= 0.6 is 0 Å². The Bertz CT molecular complexity index is 139. The molecule has 0 aliphatic heterocycles. The smallest absolute Gasteiger partial charge is 0.192 e. The molecule has 0 spiro atoms. The Hall–Kier alpha value is 0.716. The van der Waals surface area contributed by atoms with Crippen molar-refractivity contribution in [2.75, 3.05) is 6.61 Å². The molecule has 0 aliphatic rings. The average Bonchev–Trinajstić information content (AvgIpc) is 1.81. The number of hydrogen-bond acceptors (Lipinski definition) is 1. The van der Waals surface area contributed by atoms with Gasteiger partial charge in [0.1, 0.15) is 0 Å². The summed E-state index contributed by atoms with van der Waals surface area (Å²) in [6.45, 7) is 15.5. The molecule has 94 valence electrons. The molecule has 1 nitrogen and oxygen atoms in total. The maximum atomic E-state index is 5.76. The first-order valence-corrected chi connectivity index (χ1v) is 6.97. The summed E-state index contributed by atoms with van der Waals surface area (Å²) in [5, 5.41) is 0.315. The molecule has 0 amide bonds.